The Morgan fingerprint density at radius 3 is 2.54 bits per heavy atom. The minimum absolute atomic E-state index is 0.00138. The van der Waals surface area contributed by atoms with Gasteiger partial charge in [-0.15, -0.1) is 0 Å². The average Bonchev–Trinajstić information content (AvgIpc) is 2.56. The van der Waals surface area contributed by atoms with E-state index in [0.717, 1.165) is 16.3 Å². The maximum atomic E-state index is 12.3. The van der Waals surface area contributed by atoms with E-state index in [2.05, 4.69) is 5.32 Å². The Morgan fingerprint density at radius 1 is 1.04 bits per heavy atom. The SMILES string of the molecule is Cc1c(NC(=O)Cc2ccc3ccccc3c2)cccc1[N+](=O)[O-]. The summed E-state index contributed by atoms with van der Waals surface area (Å²) in [4.78, 5) is 22.8. The third-order valence-electron chi connectivity index (χ3n) is 3.95. The van der Waals surface area contributed by atoms with Gasteiger partial charge in [-0.1, -0.05) is 48.5 Å². The first-order chi connectivity index (χ1) is 11.5. The molecule has 0 aromatic heterocycles. The average molecular weight is 320 g/mol. The predicted octanol–water partition coefficient (Wildman–Crippen LogP) is 4.24. The number of amides is 1. The van der Waals surface area contributed by atoms with Crippen LogP contribution in [0.15, 0.2) is 60.7 Å². The third kappa shape index (κ3) is 3.25. The van der Waals surface area contributed by atoms with Crippen LogP contribution in [-0.2, 0) is 11.2 Å². The first-order valence-electron chi connectivity index (χ1n) is 7.56. The smallest absolute Gasteiger partial charge is 0.274 e. The van der Waals surface area contributed by atoms with Gasteiger partial charge in [-0.25, -0.2) is 0 Å². The van der Waals surface area contributed by atoms with E-state index in [4.69, 9.17) is 0 Å². The van der Waals surface area contributed by atoms with Gasteiger partial charge in [0.15, 0.2) is 0 Å². The molecular formula is C19H16N2O3. The summed E-state index contributed by atoms with van der Waals surface area (Å²) in [6, 6.07) is 18.5. The molecule has 0 heterocycles. The number of hydrogen-bond donors (Lipinski definition) is 1. The molecule has 1 N–H and O–H groups in total. The van der Waals surface area contributed by atoms with Gasteiger partial charge in [-0.2, -0.15) is 0 Å². The molecule has 0 fully saturated rings. The van der Waals surface area contributed by atoms with E-state index in [-0.39, 0.29) is 18.0 Å². The quantitative estimate of drug-likeness (QED) is 0.577. The fraction of sp³-hybridized carbons (Fsp3) is 0.105. The number of nitrogens with one attached hydrogen (secondary N) is 1. The summed E-state index contributed by atoms with van der Waals surface area (Å²) < 4.78 is 0. The zero-order valence-electron chi connectivity index (χ0n) is 13.2. The summed E-state index contributed by atoms with van der Waals surface area (Å²) in [5.74, 6) is -0.200. The zero-order chi connectivity index (χ0) is 17.1. The van der Waals surface area contributed by atoms with Crippen LogP contribution >= 0.6 is 0 Å². The minimum atomic E-state index is -0.450. The van der Waals surface area contributed by atoms with E-state index < -0.39 is 4.92 Å². The van der Waals surface area contributed by atoms with Crippen molar-refractivity contribution in [3.05, 3.63) is 81.9 Å². The lowest BCUT2D eigenvalue weighted by molar-refractivity contribution is -0.385. The van der Waals surface area contributed by atoms with Gasteiger partial charge < -0.3 is 5.32 Å². The van der Waals surface area contributed by atoms with Crippen LogP contribution < -0.4 is 5.32 Å². The first-order valence-corrected chi connectivity index (χ1v) is 7.56. The summed E-state index contributed by atoms with van der Waals surface area (Å²) in [6.45, 7) is 1.63. The van der Waals surface area contributed by atoms with Crippen LogP contribution in [0.5, 0.6) is 0 Å². The molecule has 24 heavy (non-hydrogen) atoms. The van der Waals surface area contributed by atoms with E-state index in [0.29, 0.717) is 11.3 Å². The van der Waals surface area contributed by atoms with Crippen molar-refractivity contribution < 1.29 is 9.72 Å². The van der Waals surface area contributed by atoms with Gasteiger partial charge in [0.25, 0.3) is 5.69 Å². The van der Waals surface area contributed by atoms with Crippen molar-refractivity contribution in [1.29, 1.82) is 0 Å². The highest BCUT2D eigenvalue weighted by Gasteiger charge is 2.15. The normalized spacial score (nSPS) is 10.5. The number of carbonyl (C=O) groups excluding carboxylic acids is 1. The van der Waals surface area contributed by atoms with Crippen molar-refractivity contribution in [3.63, 3.8) is 0 Å². The lowest BCUT2D eigenvalue weighted by Crippen LogP contribution is -2.15. The second-order valence-corrected chi connectivity index (χ2v) is 5.61. The molecule has 0 aliphatic carbocycles. The standard InChI is InChI=1S/C19H16N2O3/c1-13-17(7-4-8-18(13)21(23)24)20-19(22)12-14-9-10-15-5-2-3-6-16(15)11-14/h2-11H,12H2,1H3,(H,20,22). The summed E-state index contributed by atoms with van der Waals surface area (Å²) in [7, 11) is 0. The Kier molecular flexibility index (Phi) is 4.24. The number of nitrogens with zero attached hydrogens (tertiary/aromatic N) is 1. The molecular weight excluding hydrogens is 304 g/mol. The zero-order valence-corrected chi connectivity index (χ0v) is 13.2. The fourth-order valence-electron chi connectivity index (χ4n) is 2.69. The number of fused-ring (bicyclic) bond motifs is 1. The molecule has 0 saturated carbocycles. The molecule has 3 aromatic carbocycles. The number of hydrogen-bond acceptors (Lipinski definition) is 3. The van der Waals surface area contributed by atoms with Gasteiger partial charge in [0, 0.05) is 6.07 Å². The topological polar surface area (TPSA) is 72.2 Å². The number of nitro benzene ring substituents is 1. The molecule has 0 spiro atoms. The lowest BCUT2D eigenvalue weighted by Gasteiger charge is -2.09. The van der Waals surface area contributed by atoms with Gasteiger partial charge in [0.05, 0.1) is 22.6 Å². The summed E-state index contributed by atoms with van der Waals surface area (Å²) in [5, 5.41) is 15.9. The molecule has 120 valence electrons. The van der Waals surface area contributed by atoms with E-state index in [1.165, 1.54) is 6.07 Å². The van der Waals surface area contributed by atoms with Gasteiger partial charge >= 0.3 is 0 Å². The molecule has 5 nitrogen and oxygen atoms in total. The summed E-state index contributed by atoms with van der Waals surface area (Å²) in [5.41, 5.74) is 1.82. The molecule has 3 rings (SSSR count). The molecule has 0 bridgehead atoms. The summed E-state index contributed by atoms with van der Waals surface area (Å²) in [6.07, 6.45) is 0.215. The second-order valence-electron chi connectivity index (χ2n) is 5.61. The number of rotatable bonds is 4. The Hall–Kier alpha value is -3.21. The Morgan fingerprint density at radius 2 is 1.79 bits per heavy atom. The highest BCUT2D eigenvalue weighted by Crippen LogP contribution is 2.25. The molecule has 0 saturated heterocycles. The van der Waals surface area contributed by atoms with Crippen molar-refractivity contribution >= 4 is 28.1 Å². The van der Waals surface area contributed by atoms with E-state index in [9.17, 15) is 14.9 Å². The molecule has 0 unspecified atom stereocenters. The van der Waals surface area contributed by atoms with E-state index in [1.54, 1.807) is 19.1 Å². The molecule has 3 aromatic rings. The monoisotopic (exact) mass is 320 g/mol. The van der Waals surface area contributed by atoms with Crippen molar-refractivity contribution in [3.8, 4) is 0 Å². The van der Waals surface area contributed by atoms with Gasteiger partial charge in [-0.05, 0) is 29.3 Å². The molecule has 0 aliphatic heterocycles. The van der Waals surface area contributed by atoms with Crippen LogP contribution in [0.3, 0.4) is 0 Å². The molecule has 0 radical (unpaired) electrons. The minimum Gasteiger partial charge on any atom is -0.325 e. The van der Waals surface area contributed by atoms with Crippen LogP contribution in [-0.4, -0.2) is 10.8 Å². The Balaban J connectivity index is 1.78. The van der Waals surface area contributed by atoms with Gasteiger partial charge in [0.2, 0.25) is 5.91 Å². The highest BCUT2D eigenvalue weighted by molar-refractivity contribution is 5.94. The maximum Gasteiger partial charge on any atom is 0.274 e. The van der Waals surface area contributed by atoms with Gasteiger partial charge in [0.1, 0.15) is 0 Å². The van der Waals surface area contributed by atoms with Crippen LogP contribution in [0.4, 0.5) is 11.4 Å². The first kappa shape index (κ1) is 15.7. The number of nitro groups is 1. The largest absolute Gasteiger partial charge is 0.325 e. The van der Waals surface area contributed by atoms with Gasteiger partial charge in [-0.3, -0.25) is 14.9 Å². The Bertz CT molecular complexity index is 935. The summed E-state index contributed by atoms with van der Waals surface area (Å²) >= 11 is 0. The van der Waals surface area contributed by atoms with Crippen LogP contribution in [0.2, 0.25) is 0 Å². The number of anilines is 1. The molecule has 1 amide bonds. The predicted molar refractivity (Wildman–Crippen MR) is 94.1 cm³/mol. The lowest BCUT2D eigenvalue weighted by atomic mass is 10.0. The second kappa shape index (κ2) is 6.50. The molecule has 5 heteroatoms. The van der Waals surface area contributed by atoms with E-state index in [1.807, 2.05) is 42.5 Å². The third-order valence-corrected chi connectivity index (χ3v) is 3.95. The van der Waals surface area contributed by atoms with Crippen molar-refractivity contribution in [2.75, 3.05) is 5.32 Å². The van der Waals surface area contributed by atoms with Crippen LogP contribution in [0, 0.1) is 17.0 Å². The number of benzene rings is 3. The van der Waals surface area contributed by atoms with E-state index >= 15 is 0 Å². The molecule has 0 atom stereocenters. The molecule has 0 aliphatic rings. The van der Waals surface area contributed by atoms with Crippen molar-refractivity contribution in [1.82, 2.24) is 0 Å². The highest BCUT2D eigenvalue weighted by atomic mass is 16.6. The van der Waals surface area contributed by atoms with Crippen LogP contribution in [0.1, 0.15) is 11.1 Å². The Labute approximate surface area is 139 Å². The van der Waals surface area contributed by atoms with Crippen LogP contribution in [0.25, 0.3) is 10.8 Å². The van der Waals surface area contributed by atoms with Crippen molar-refractivity contribution in [2.45, 2.75) is 13.3 Å². The van der Waals surface area contributed by atoms with Crippen molar-refractivity contribution in [2.24, 2.45) is 0 Å². The maximum absolute atomic E-state index is 12.3. The fourth-order valence-corrected chi connectivity index (χ4v) is 2.69. The number of carbonyl (C=O) groups is 1.